The van der Waals surface area contributed by atoms with Crippen LogP contribution in [0.1, 0.15) is 35.2 Å². The highest BCUT2D eigenvalue weighted by Gasteiger charge is 2.21. The van der Waals surface area contributed by atoms with Gasteiger partial charge in [0.2, 0.25) is 0 Å². The lowest BCUT2D eigenvalue weighted by atomic mass is 10.0. The number of aryl methyl sites for hydroxylation is 2. The molecule has 5 heteroatoms. The molecule has 29 heavy (non-hydrogen) atoms. The summed E-state index contributed by atoms with van der Waals surface area (Å²) >= 11 is 0. The van der Waals surface area contributed by atoms with E-state index in [0.717, 1.165) is 60.9 Å². The average Bonchev–Trinajstić information content (AvgIpc) is 2.75. The van der Waals surface area contributed by atoms with Crippen molar-refractivity contribution in [3.63, 3.8) is 0 Å². The second-order valence-electron chi connectivity index (χ2n) is 7.97. The van der Waals surface area contributed by atoms with Crippen LogP contribution in [0.2, 0.25) is 0 Å². The number of aromatic nitrogens is 3. The Balaban J connectivity index is 1.42. The Morgan fingerprint density at radius 3 is 2.52 bits per heavy atom. The van der Waals surface area contributed by atoms with Crippen LogP contribution in [0, 0.1) is 20.8 Å². The molecule has 1 aromatic carbocycles. The monoisotopic (exact) mass is 387 g/mol. The molecule has 0 spiro atoms. The second kappa shape index (κ2) is 8.70. The Labute approximate surface area is 173 Å². The molecule has 0 bridgehead atoms. The van der Waals surface area contributed by atoms with E-state index in [0.29, 0.717) is 6.04 Å². The number of rotatable bonds is 5. The summed E-state index contributed by atoms with van der Waals surface area (Å²) in [6.45, 7) is 9.58. The van der Waals surface area contributed by atoms with Crippen molar-refractivity contribution in [2.24, 2.45) is 0 Å². The minimum Gasteiger partial charge on any atom is -0.367 e. The van der Waals surface area contributed by atoms with Crippen molar-refractivity contribution in [2.75, 3.05) is 18.4 Å². The lowest BCUT2D eigenvalue weighted by Crippen LogP contribution is -2.39. The highest BCUT2D eigenvalue weighted by molar-refractivity contribution is 5.58. The smallest absolute Gasteiger partial charge is 0.163 e. The molecule has 0 saturated carbocycles. The number of hydrogen-bond acceptors (Lipinski definition) is 5. The van der Waals surface area contributed by atoms with Crippen molar-refractivity contribution in [3.8, 4) is 11.4 Å². The first-order valence-electron chi connectivity index (χ1n) is 10.4. The fourth-order valence-electron chi connectivity index (χ4n) is 3.85. The maximum atomic E-state index is 4.82. The van der Waals surface area contributed by atoms with Crippen LogP contribution >= 0.6 is 0 Å². The zero-order valence-electron chi connectivity index (χ0n) is 17.5. The van der Waals surface area contributed by atoms with Crippen LogP contribution in [0.15, 0.2) is 48.8 Å². The zero-order chi connectivity index (χ0) is 20.2. The molecule has 150 valence electrons. The van der Waals surface area contributed by atoms with Gasteiger partial charge in [0, 0.05) is 54.9 Å². The van der Waals surface area contributed by atoms with Gasteiger partial charge in [-0.05, 0) is 56.9 Å². The molecule has 1 N–H and O–H groups in total. The summed E-state index contributed by atoms with van der Waals surface area (Å²) in [6.07, 6.45) is 5.83. The van der Waals surface area contributed by atoms with Crippen LogP contribution in [0.5, 0.6) is 0 Å². The predicted molar refractivity (Wildman–Crippen MR) is 118 cm³/mol. The lowest BCUT2D eigenvalue weighted by Gasteiger charge is -2.33. The van der Waals surface area contributed by atoms with Crippen molar-refractivity contribution in [3.05, 3.63) is 71.2 Å². The molecule has 1 aliphatic heterocycles. The largest absolute Gasteiger partial charge is 0.367 e. The number of anilines is 1. The van der Waals surface area contributed by atoms with Crippen LogP contribution in [-0.4, -0.2) is 39.0 Å². The van der Waals surface area contributed by atoms with Crippen LogP contribution in [-0.2, 0) is 6.54 Å². The summed E-state index contributed by atoms with van der Waals surface area (Å²) in [5.41, 5.74) is 5.90. The van der Waals surface area contributed by atoms with Gasteiger partial charge in [0.05, 0.1) is 0 Å². The number of nitrogens with zero attached hydrogens (tertiary/aromatic N) is 4. The van der Waals surface area contributed by atoms with E-state index in [1.807, 2.05) is 25.3 Å². The summed E-state index contributed by atoms with van der Waals surface area (Å²) < 4.78 is 0. The van der Waals surface area contributed by atoms with Crippen LogP contribution in [0.3, 0.4) is 0 Å². The van der Waals surface area contributed by atoms with Gasteiger partial charge >= 0.3 is 0 Å². The van der Waals surface area contributed by atoms with Crippen molar-refractivity contribution >= 4 is 5.82 Å². The molecule has 1 saturated heterocycles. The Morgan fingerprint density at radius 1 is 1.00 bits per heavy atom. The van der Waals surface area contributed by atoms with E-state index in [9.17, 15) is 0 Å². The molecular weight excluding hydrogens is 358 g/mol. The van der Waals surface area contributed by atoms with Crippen LogP contribution < -0.4 is 5.32 Å². The topological polar surface area (TPSA) is 53.9 Å². The van der Waals surface area contributed by atoms with Crippen molar-refractivity contribution in [1.29, 1.82) is 0 Å². The fraction of sp³-hybridized carbons (Fsp3) is 0.375. The van der Waals surface area contributed by atoms with Crippen LogP contribution in [0.25, 0.3) is 11.4 Å². The molecule has 0 amide bonds. The van der Waals surface area contributed by atoms with E-state index >= 15 is 0 Å². The minimum atomic E-state index is 0.442. The average molecular weight is 388 g/mol. The highest BCUT2D eigenvalue weighted by atomic mass is 15.2. The summed E-state index contributed by atoms with van der Waals surface area (Å²) in [5.74, 6) is 1.69. The van der Waals surface area contributed by atoms with Gasteiger partial charge in [-0.1, -0.05) is 24.3 Å². The van der Waals surface area contributed by atoms with Crippen molar-refractivity contribution in [2.45, 2.75) is 46.2 Å². The van der Waals surface area contributed by atoms with Gasteiger partial charge in [0.1, 0.15) is 5.82 Å². The van der Waals surface area contributed by atoms with E-state index in [1.54, 1.807) is 6.20 Å². The number of likely N-dealkylation sites (tertiary alicyclic amines) is 1. The third-order valence-electron chi connectivity index (χ3n) is 5.89. The minimum absolute atomic E-state index is 0.442. The van der Waals surface area contributed by atoms with E-state index in [1.165, 1.54) is 11.1 Å². The fourth-order valence-corrected chi connectivity index (χ4v) is 3.85. The maximum Gasteiger partial charge on any atom is 0.163 e. The second-order valence-corrected chi connectivity index (χ2v) is 7.97. The van der Waals surface area contributed by atoms with Gasteiger partial charge in [0.15, 0.2) is 5.82 Å². The van der Waals surface area contributed by atoms with Gasteiger partial charge in [-0.25, -0.2) is 9.97 Å². The molecule has 3 heterocycles. The predicted octanol–water partition coefficient (Wildman–Crippen LogP) is 4.54. The number of hydrogen-bond donors (Lipinski definition) is 1. The van der Waals surface area contributed by atoms with Crippen molar-refractivity contribution in [1.82, 2.24) is 19.9 Å². The van der Waals surface area contributed by atoms with Gasteiger partial charge < -0.3 is 5.32 Å². The number of pyridine rings is 1. The Morgan fingerprint density at radius 2 is 1.79 bits per heavy atom. The van der Waals surface area contributed by atoms with Gasteiger partial charge in [0.25, 0.3) is 0 Å². The first-order chi connectivity index (χ1) is 14.1. The molecule has 0 atom stereocenters. The normalized spacial score (nSPS) is 15.4. The van der Waals surface area contributed by atoms with E-state index in [-0.39, 0.29) is 0 Å². The Hall–Kier alpha value is -2.79. The zero-order valence-corrected chi connectivity index (χ0v) is 17.5. The lowest BCUT2D eigenvalue weighted by molar-refractivity contribution is 0.211. The van der Waals surface area contributed by atoms with Crippen molar-refractivity contribution < 1.29 is 0 Å². The Bertz CT molecular complexity index is 962. The van der Waals surface area contributed by atoms with E-state index < -0.39 is 0 Å². The molecule has 1 fully saturated rings. The molecule has 5 nitrogen and oxygen atoms in total. The molecule has 0 aliphatic carbocycles. The quantitative estimate of drug-likeness (QED) is 0.696. The number of piperidine rings is 1. The third-order valence-corrected chi connectivity index (χ3v) is 5.89. The third kappa shape index (κ3) is 4.62. The molecule has 3 aromatic rings. The standard InChI is InChI=1S/C24H29N5/c1-17-7-4-5-8-21(17)16-29-13-10-22(11-14-29)27-23-18(2)19(3)26-24(28-23)20-9-6-12-25-15-20/h4-9,12,15,22H,10-11,13-14,16H2,1-3H3,(H,26,27,28). The summed E-state index contributed by atoms with van der Waals surface area (Å²) in [6, 6.07) is 13.1. The number of nitrogens with one attached hydrogen (secondary N) is 1. The SMILES string of the molecule is Cc1ccccc1CN1CCC(Nc2nc(-c3cccnc3)nc(C)c2C)CC1. The molecule has 0 radical (unpaired) electrons. The van der Waals surface area contributed by atoms with Gasteiger partial charge in [-0.15, -0.1) is 0 Å². The van der Waals surface area contributed by atoms with Gasteiger partial charge in [-0.2, -0.15) is 0 Å². The molecule has 2 aromatic heterocycles. The van der Waals surface area contributed by atoms with Crippen LogP contribution in [0.4, 0.5) is 5.82 Å². The number of benzene rings is 1. The molecule has 1 aliphatic rings. The maximum absolute atomic E-state index is 4.82. The molecular formula is C24H29N5. The summed E-state index contributed by atoms with van der Waals surface area (Å²) in [5, 5.41) is 3.70. The summed E-state index contributed by atoms with van der Waals surface area (Å²) in [4.78, 5) is 16.2. The van der Waals surface area contributed by atoms with E-state index in [4.69, 9.17) is 4.98 Å². The first-order valence-corrected chi connectivity index (χ1v) is 10.4. The summed E-state index contributed by atoms with van der Waals surface area (Å²) in [7, 11) is 0. The van der Waals surface area contributed by atoms with Gasteiger partial charge in [-0.3, -0.25) is 9.88 Å². The van der Waals surface area contributed by atoms with E-state index in [2.05, 4.69) is 58.3 Å². The molecule has 4 rings (SSSR count). The first kappa shape index (κ1) is 19.5. The molecule has 0 unspecified atom stereocenters. The Kier molecular flexibility index (Phi) is 5.86. The highest BCUT2D eigenvalue weighted by Crippen LogP contribution is 2.24.